The average Bonchev–Trinajstić information content (AvgIpc) is 2.38. The number of piperidine rings is 1. The summed E-state index contributed by atoms with van der Waals surface area (Å²) in [5.74, 6) is 0.995. The highest BCUT2D eigenvalue weighted by atomic mass is 32.2. The number of hydrogen-bond donors (Lipinski definition) is 1. The number of aromatic nitrogens is 1. The molecular weight excluding hydrogens is 278 g/mol. The monoisotopic (exact) mass is 297 g/mol. The lowest BCUT2D eigenvalue weighted by atomic mass is 9.99. The highest BCUT2D eigenvalue weighted by Gasteiger charge is 2.23. The van der Waals surface area contributed by atoms with Crippen LogP contribution in [0.3, 0.4) is 0 Å². The lowest BCUT2D eigenvalue weighted by molar-refractivity contribution is 0.101. The molecule has 6 nitrogen and oxygen atoms in total. The molecule has 0 aliphatic carbocycles. The van der Waals surface area contributed by atoms with Crippen LogP contribution in [0.25, 0.3) is 0 Å². The van der Waals surface area contributed by atoms with E-state index in [4.69, 9.17) is 5.14 Å². The lowest BCUT2D eigenvalue weighted by Gasteiger charge is -2.32. The van der Waals surface area contributed by atoms with Crippen LogP contribution in [0.4, 0.5) is 5.82 Å². The molecule has 2 N–H and O–H groups in total. The molecule has 1 aromatic heterocycles. The highest BCUT2D eigenvalue weighted by molar-refractivity contribution is 7.89. The number of primary sulfonamides is 1. The molecule has 1 saturated heterocycles. The maximum absolute atomic E-state index is 11.2. The summed E-state index contributed by atoms with van der Waals surface area (Å²) < 4.78 is 22.1. The van der Waals surface area contributed by atoms with Crippen molar-refractivity contribution in [3.63, 3.8) is 0 Å². The van der Waals surface area contributed by atoms with Crippen LogP contribution in [-0.2, 0) is 10.0 Å². The first-order valence-electron chi connectivity index (χ1n) is 6.57. The van der Waals surface area contributed by atoms with Crippen LogP contribution in [0, 0.1) is 5.92 Å². The lowest BCUT2D eigenvalue weighted by Crippen LogP contribution is -2.37. The van der Waals surface area contributed by atoms with E-state index < -0.39 is 10.0 Å². The minimum absolute atomic E-state index is 0.00379. The van der Waals surface area contributed by atoms with Crippen molar-refractivity contribution >= 4 is 21.6 Å². The minimum atomic E-state index is -3.39. The van der Waals surface area contributed by atoms with Gasteiger partial charge in [0.05, 0.1) is 5.75 Å². The van der Waals surface area contributed by atoms with Crippen LogP contribution >= 0.6 is 0 Å². The molecule has 110 valence electrons. The number of carbonyl (C=O) groups excluding carboxylic acids is 1. The van der Waals surface area contributed by atoms with Crippen LogP contribution in [0.2, 0.25) is 0 Å². The summed E-state index contributed by atoms with van der Waals surface area (Å²) in [6.45, 7) is 3.02. The third-order valence-corrected chi connectivity index (χ3v) is 4.50. The number of hydrogen-bond acceptors (Lipinski definition) is 5. The largest absolute Gasteiger partial charge is 0.357 e. The van der Waals surface area contributed by atoms with Crippen molar-refractivity contribution in [3.05, 3.63) is 23.9 Å². The van der Waals surface area contributed by atoms with Gasteiger partial charge in [0.15, 0.2) is 5.78 Å². The number of anilines is 1. The summed E-state index contributed by atoms with van der Waals surface area (Å²) in [4.78, 5) is 17.6. The van der Waals surface area contributed by atoms with Crippen LogP contribution in [0.5, 0.6) is 0 Å². The van der Waals surface area contributed by atoms with E-state index in [1.165, 1.54) is 6.92 Å². The molecule has 0 radical (unpaired) electrons. The zero-order chi connectivity index (χ0) is 14.8. The molecule has 0 unspecified atom stereocenters. The number of carbonyl (C=O) groups is 1. The fourth-order valence-electron chi connectivity index (χ4n) is 2.44. The Hall–Kier alpha value is -1.47. The van der Waals surface area contributed by atoms with E-state index in [1.54, 1.807) is 12.3 Å². The van der Waals surface area contributed by atoms with Gasteiger partial charge in [-0.25, -0.2) is 18.5 Å². The number of ketones is 1. The van der Waals surface area contributed by atoms with Crippen molar-refractivity contribution in [1.29, 1.82) is 0 Å². The molecule has 0 bridgehead atoms. The van der Waals surface area contributed by atoms with Gasteiger partial charge in [0.2, 0.25) is 10.0 Å². The fraction of sp³-hybridized carbons (Fsp3) is 0.538. The van der Waals surface area contributed by atoms with Gasteiger partial charge in [0.1, 0.15) is 5.82 Å². The van der Waals surface area contributed by atoms with E-state index in [-0.39, 0.29) is 17.5 Å². The Morgan fingerprint density at radius 2 is 2.05 bits per heavy atom. The summed E-state index contributed by atoms with van der Waals surface area (Å²) in [6.07, 6.45) is 3.15. The SMILES string of the molecule is CC(=O)c1ccc(N2CCC(CS(N)(=O)=O)CC2)nc1. The van der Waals surface area contributed by atoms with E-state index in [9.17, 15) is 13.2 Å². The molecule has 1 aliphatic rings. The summed E-state index contributed by atoms with van der Waals surface area (Å²) in [7, 11) is -3.39. The van der Waals surface area contributed by atoms with Crippen molar-refractivity contribution < 1.29 is 13.2 Å². The van der Waals surface area contributed by atoms with Gasteiger partial charge < -0.3 is 4.90 Å². The molecule has 0 spiro atoms. The molecule has 2 rings (SSSR count). The molecule has 1 fully saturated rings. The second-order valence-electron chi connectivity index (χ2n) is 5.22. The number of sulfonamides is 1. The number of nitrogens with zero attached hydrogens (tertiary/aromatic N) is 2. The fourth-order valence-corrected chi connectivity index (χ4v) is 3.43. The first-order valence-corrected chi connectivity index (χ1v) is 8.29. The summed E-state index contributed by atoms with van der Waals surface area (Å²) in [5, 5.41) is 5.07. The van der Waals surface area contributed by atoms with E-state index in [2.05, 4.69) is 9.88 Å². The molecule has 1 aliphatic heterocycles. The Bertz CT molecular complexity index is 575. The van der Waals surface area contributed by atoms with Gasteiger partial charge in [0.25, 0.3) is 0 Å². The molecule has 0 atom stereocenters. The Morgan fingerprint density at radius 3 is 2.50 bits per heavy atom. The zero-order valence-corrected chi connectivity index (χ0v) is 12.3. The van der Waals surface area contributed by atoms with Crippen LogP contribution < -0.4 is 10.0 Å². The molecular formula is C13H19N3O3S. The Balaban J connectivity index is 1.95. The van der Waals surface area contributed by atoms with E-state index in [0.29, 0.717) is 5.56 Å². The topological polar surface area (TPSA) is 93.4 Å². The Morgan fingerprint density at radius 1 is 1.40 bits per heavy atom. The summed E-state index contributed by atoms with van der Waals surface area (Å²) >= 11 is 0. The molecule has 0 saturated carbocycles. The zero-order valence-electron chi connectivity index (χ0n) is 11.4. The molecule has 0 aromatic carbocycles. The van der Waals surface area contributed by atoms with Gasteiger partial charge in [-0.1, -0.05) is 0 Å². The Kier molecular flexibility index (Phi) is 4.39. The van der Waals surface area contributed by atoms with Gasteiger partial charge in [-0.05, 0) is 37.8 Å². The van der Waals surface area contributed by atoms with Crippen LogP contribution in [0.1, 0.15) is 30.1 Å². The molecule has 2 heterocycles. The second kappa shape index (κ2) is 5.88. The van der Waals surface area contributed by atoms with E-state index in [1.807, 2.05) is 6.07 Å². The summed E-state index contributed by atoms with van der Waals surface area (Å²) in [6, 6.07) is 3.60. The predicted molar refractivity (Wildman–Crippen MR) is 77.2 cm³/mol. The van der Waals surface area contributed by atoms with Gasteiger partial charge in [0, 0.05) is 24.8 Å². The highest BCUT2D eigenvalue weighted by Crippen LogP contribution is 2.22. The summed E-state index contributed by atoms with van der Waals surface area (Å²) in [5.41, 5.74) is 0.595. The minimum Gasteiger partial charge on any atom is -0.357 e. The third kappa shape index (κ3) is 4.01. The smallest absolute Gasteiger partial charge is 0.209 e. The average molecular weight is 297 g/mol. The normalized spacial score (nSPS) is 17.2. The van der Waals surface area contributed by atoms with Gasteiger partial charge >= 0.3 is 0 Å². The van der Waals surface area contributed by atoms with Gasteiger partial charge in [-0.2, -0.15) is 0 Å². The number of nitrogens with two attached hydrogens (primary N) is 1. The Labute approximate surface area is 119 Å². The predicted octanol–water partition coefficient (Wildman–Crippen LogP) is 0.789. The quantitative estimate of drug-likeness (QED) is 0.829. The van der Waals surface area contributed by atoms with Gasteiger partial charge in [-0.15, -0.1) is 0 Å². The number of Topliss-reactive ketones (excluding diaryl/α,β-unsaturated/α-hetero) is 1. The molecule has 0 amide bonds. The van der Waals surface area contributed by atoms with Crippen molar-refractivity contribution in [2.45, 2.75) is 19.8 Å². The van der Waals surface area contributed by atoms with Gasteiger partial charge in [-0.3, -0.25) is 4.79 Å². The van der Waals surface area contributed by atoms with E-state index >= 15 is 0 Å². The molecule has 1 aromatic rings. The standard InChI is InChI=1S/C13H19N3O3S/c1-10(17)12-2-3-13(15-8-12)16-6-4-11(5-7-16)9-20(14,18)19/h2-3,8,11H,4-7,9H2,1H3,(H2,14,18,19). The first kappa shape index (κ1) is 14.9. The molecule has 7 heteroatoms. The second-order valence-corrected chi connectivity index (χ2v) is 6.88. The first-order chi connectivity index (χ1) is 9.35. The number of pyridine rings is 1. The van der Waals surface area contributed by atoms with Crippen molar-refractivity contribution in [1.82, 2.24) is 4.98 Å². The van der Waals surface area contributed by atoms with Crippen molar-refractivity contribution in [3.8, 4) is 0 Å². The maximum Gasteiger partial charge on any atom is 0.209 e. The van der Waals surface area contributed by atoms with E-state index in [0.717, 1.165) is 31.7 Å². The van der Waals surface area contributed by atoms with Crippen molar-refractivity contribution in [2.75, 3.05) is 23.7 Å². The van der Waals surface area contributed by atoms with Crippen LogP contribution in [-0.4, -0.2) is 38.0 Å². The van der Waals surface area contributed by atoms with Crippen molar-refractivity contribution in [2.24, 2.45) is 11.1 Å². The molecule has 20 heavy (non-hydrogen) atoms. The number of rotatable bonds is 4. The third-order valence-electron chi connectivity index (χ3n) is 3.56. The van der Waals surface area contributed by atoms with Crippen LogP contribution in [0.15, 0.2) is 18.3 Å². The maximum atomic E-state index is 11.2.